The summed E-state index contributed by atoms with van der Waals surface area (Å²) >= 11 is 0. The van der Waals surface area contributed by atoms with E-state index < -0.39 is 0 Å². The van der Waals surface area contributed by atoms with Crippen LogP contribution in [0, 0.1) is 31.6 Å². The van der Waals surface area contributed by atoms with Crippen molar-refractivity contribution in [3.63, 3.8) is 0 Å². The molecule has 0 amide bonds. The monoisotopic (exact) mass is 613 g/mol. The zero-order valence-electron chi connectivity index (χ0n) is 32.1. The highest BCUT2D eigenvalue weighted by Crippen LogP contribution is 2.40. The van der Waals surface area contributed by atoms with Crippen LogP contribution in [0.4, 0.5) is 0 Å². The zero-order chi connectivity index (χ0) is 34.6. The first-order chi connectivity index (χ1) is 19.7. The minimum absolute atomic E-state index is 0.00820. The van der Waals surface area contributed by atoms with Gasteiger partial charge >= 0.3 is 0 Å². The Kier molecular flexibility index (Phi) is 13.9. The van der Waals surface area contributed by atoms with Gasteiger partial charge in [0.25, 0.3) is 0 Å². The van der Waals surface area contributed by atoms with E-state index in [0.717, 1.165) is 49.0 Å². The smallest absolute Gasteiger partial charge is 0.122 e. The molecule has 1 aromatic carbocycles. The third-order valence-electron chi connectivity index (χ3n) is 9.88. The summed E-state index contributed by atoms with van der Waals surface area (Å²) in [4.78, 5) is 2.44. The number of benzene rings is 1. The highest BCUT2D eigenvalue weighted by atomic mass is 16.5. The first-order valence-electron chi connectivity index (χ1n) is 17.0. The number of aryl methyl sites for hydroxylation is 1. The highest BCUT2D eigenvalue weighted by molar-refractivity contribution is 5.52. The van der Waals surface area contributed by atoms with Crippen LogP contribution in [0.15, 0.2) is 30.6 Å². The molecule has 0 saturated carbocycles. The molecule has 0 saturated heterocycles. The third-order valence-corrected chi connectivity index (χ3v) is 9.88. The second kappa shape index (κ2) is 15.2. The van der Waals surface area contributed by atoms with E-state index in [0.29, 0.717) is 17.6 Å². The lowest BCUT2D eigenvalue weighted by Crippen LogP contribution is -2.52. The number of hydrogen-bond acceptors (Lipinski definition) is 4. The quantitative estimate of drug-likeness (QED) is 0.144. The molecule has 3 atom stereocenters. The number of hydrogen-bond donors (Lipinski definition) is 2. The van der Waals surface area contributed by atoms with E-state index >= 15 is 0 Å². The van der Waals surface area contributed by atoms with Crippen molar-refractivity contribution in [2.75, 3.05) is 14.1 Å². The topological polar surface area (TPSA) is 44.7 Å². The fourth-order valence-corrected chi connectivity index (χ4v) is 6.96. The Balaban J connectivity index is 3.51. The third kappa shape index (κ3) is 11.5. The summed E-state index contributed by atoms with van der Waals surface area (Å²) in [5, 5.41) is 14.8. The number of phenolic OH excluding ortho intramolecular Hbond substituents is 1. The Morgan fingerprint density at radius 3 is 1.95 bits per heavy atom. The van der Waals surface area contributed by atoms with E-state index in [1.54, 1.807) is 0 Å². The highest BCUT2D eigenvalue weighted by Gasteiger charge is 2.35. The molecule has 0 aliphatic rings. The molecule has 1 aromatic rings. The van der Waals surface area contributed by atoms with Crippen LogP contribution in [-0.4, -0.2) is 46.8 Å². The SMILES string of the molecule is C=C(CC(CC(C)C)CC(C)(C)NC)C(Cc1c(C)cc(C(C)(C)C)c(O)c1C)C(=C)OC(C)CC(C)(C)N(C)C(C)(C)C. The lowest BCUT2D eigenvalue weighted by Gasteiger charge is -2.45. The maximum atomic E-state index is 11.3. The fraction of sp³-hybridized carbons (Fsp3) is 0.750. The molecule has 4 heteroatoms. The van der Waals surface area contributed by atoms with E-state index in [-0.39, 0.29) is 34.1 Å². The number of phenols is 1. The van der Waals surface area contributed by atoms with Crippen molar-refractivity contribution in [1.29, 1.82) is 0 Å². The predicted molar refractivity (Wildman–Crippen MR) is 194 cm³/mol. The maximum Gasteiger partial charge on any atom is 0.122 e. The summed E-state index contributed by atoms with van der Waals surface area (Å²) in [6.07, 6.45) is 4.73. The molecule has 44 heavy (non-hydrogen) atoms. The van der Waals surface area contributed by atoms with Crippen LogP contribution >= 0.6 is 0 Å². The van der Waals surface area contributed by atoms with E-state index in [2.05, 4.69) is 141 Å². The number of aromatic hydroxyl groups is 1. The van der Waals surface area contributed by atoms with Crippen LogP contribution in [0.5, 0.6) is 5.75 Å². The molecule has 3 unspecified atom stereocenters. The Labute approximate surface area is 274 Å². The van der Waals surface area contributed by atoms with Crippen molar-refractivity contribution >= 4 is 0 Å². The normalized spacial score (nSPS) is 15.4. The largest absolute Gasteiger partial charge is 0.507 e. The molecule has 0 heterocycles. The summed E-state index contributed by atoms with van der Waals surface area (Å²) < 4.78 is 6.72. The van der Waals surface area contributed by atoms with Gasteiger partial charge in [-0.3, -0.25) is 4.90 Å². The van der Waals surface area contributed by atoms with Crippen LogP contribution in [0.1, 0.15) is 138 Å². The van der Waals surface area contributed by atoms with Crippen LogP contribution in [0.25, 0.3) is 0 Å². The summed E-state index contributed by atoms with van der Waals surface area (Å²) in [5.74, 6) is 2.24. The van der Waals surface area contributed by atoms with Crippen molar-refractivity contribution in [2.24, 2.45) is 17.8 Å². The second-order valence-corrected chi connectivity index (χ2v) is 17.5. The van der Waals surface area contributed by atoms with Gasteiger partial charge < -0.3 is 15.2 Å². The molecule has 1 rings (SSSR count). The molecule has 0 aromatic heterocycles. The van der Waals surface area contributed by atoms with Crippen LogP contribution in [0.2, 0.25) is 0 Å². The van der Waals surface area contributed by atoms with E-state index in [9.17, 15) is 5.11 Å². The molecule has 0 spiro atoms. The van der Waals surface area contributed by atoms with Crippen molar-refractivity contribution in [1.82, 2.24) is 10.2 Å². The van der Waals surface area contributed by atoms with Gasteiger partial charge in [0.15, 0.2) is 0 Å². The van der Waals surface area contributed by atoms with Gasteiger partial charge in [-0.25, -0.2) is 0 Å². The van der Waals surface area contributed by atoms with Gasteiger partial charge in [0.05, 0.1) is 11.9 Å². The van der Waals surface area contributed by atoms with E-state index in [1.807, 2.05) is 0 Å². The Bertz CT molecular complexity index is 1110. The molecular weight excluding hydrogens is 540 g/mol. The number of nitrogens with one attached hydrogen (secondary N) is 1. The van der Waals surface area contributed by atoms with Crippen molar-refractivity contribution < 1.29 is 9.84 Å². The van der Waals surface area contributed by atoms with E-state index in [1.165, 1.54) is 16.7 Å². The maximum absolute atomic E-state index is 11.3. The number of rotatable bonds is 16. The number of allylic oxidation sites excluding steroid dienone is 1. The summed E-state index contributed by atoms with van der Waals surface area (Å²) in [6.45, 7) is 42.7. The lowest BCUT2D eigenvalue weighted by molar-refractivity contribution is 0.00572. The summed E-state index contributed by atoms with van der Waals surface area (Å²) in [6, 6.07) is 2.17. The molecule has 0 fully saturated rings. The Hall–Kier alpha value is -1.78. The lowest BCUT2D eigenvalue weighted by atomic mass is 9.77. The summed E-state index contributed by atoms with van der Waals surface area (Å²) in [5.41, 5.74) is 5.40. The zero-order valence-corrected chi connectivity index (χ0v) is 32.1. The average Bonchev–Trinajstić information content (AvgIpc) is 2.83. The van der Waals surface area contributed by atoms with Gasteiger partial charge in [-0.1, -0.05) is 59.4 Å². The fourth-order valence-electron chi connectivity index (χ4n) is 6.96. The molecular formula is C40H72N2O2. The predicted octanol–water partition coefficient (Wildman–Crippen LogP) is 10.3. The van der Waals surface area contributed by atoms with Gasteiger partial charge in [0.1, 0.15) is 5.75 Å². The first-order valence-corrected chi connectivity index (χ1v) is 17.0. The Morgan fingerprint density at radius 1 is 0.955 bits per heavy atom. The van der Waals surface area contributed by atoms with Crippen LogP contribution < -0.4 is 5.32 Å². The van der Waals surface area contributed by atoms with Crippen molar-refractivity contribution in [2.45, 2.75) is 164 Å². The first kappa shape index (κ1) is 40.2. The van der Waals surface area contributed by atoms with Crippen LogP contribution in [0.3, 0.4) is 0 Å². The number of ether oxygens (including phenoxy) is 1. The van der Waals surface area contributed by atoms with Gasteiger partial charge in [-0.2, -0.15) is 0 Å². The van der Waals surface area contributed by atoms with Crippen molar-refractivity contribution in [3.8, 4) is 5.75 Å². The Morgan fingerprint density at radius 2 is 1.50 bits per heavy atom. The number of nitrogens with zero attached hydrogens (tertiary/aromatic N) is 1. The molecule has 0 radical (unpaired) electrons. The standard InChI is InChI=1S/C40H72N2O2/c1-26(2)20-32(25-39(14,15)41-18)21-27(3)34(23-33-28(4)22-35(37(8,9)10)36(43)30(33)6)31(7)44-29(5)24-40(16,17)42(19)38(11,12)13/h22,26,29,32,34,41,43H,3,7,20-21,23-25H2,1-2,4-6,8-19H3. The molecule has 2 N–H and O–H groups in total. The van der Waals surface area contributed by atoms with Crippen LogP contribution in [-0.2, 0) is 16.6 Å². The molecule has 4 nitrogen and oxygen atoms in total. The van der Waals surface area contributed by atoms with Gasteiger partial charge in [-0.05, 0) is 149 Å². The van der Waals surface area contributed by atoms with Crippen molar-refractivity contribution in [3.05, 3.63) is 52.8 Å². The molecule has 0 aliphatic carbocycles. The molecule has 0 bridgehead atoms. The van der Waals surface area contributed by atoms with E-state index in [4.69, 9.17) is 11.3 Å². The minimum atomic E-state index is -0.138. The average molecular weight is 613 g/mol. The minimum Gasteiger partial charge on any atom is -0.507 e. The molecule has 0 aliphatic heterocycles. The van der Waals surface area contributed by atoms with Gasteiger partial charge in [-0.15, -0.1) is 0 Å². The second-order valence-electron chi connectivity index (χ2n) is 17.5. The van der Waals surface area contributed by atoms with Gasteiger partial charge in [0.2, 0.25) is 0 Å². The molecule has 254 valence electrons. The van der Waals surface area contributed by atoms with Gasteiger partial charge in [0, 0.05) is 29.0 Å². The summed E-state index contributed by atoms with van der Waals surface area (Å²) in [7, 11) is 4.26.